The molecular weight excluding hydrogens is 342 g/mol. The summed E-state index contributed by atoms with van der Waals surface area (Å²) in [5.74, 6) is -0.633. The summed E-state index contributed by atoms with van der Waals surface area (Å²) in [6.07, 6.45) is 0.0142. The first-order valence-electron chi connectivity index (χ1n) is 9.38. The van der Waals surface area contributed by atoms with Gasteiger partial charge >= 0.3 is 6.09 Å². The number of ketones is 2. The maximum atomic E-state index is 12.9. The van der Waals surface area contributed by atoms with Crippen molar-refractivity contribution in [2.45, 2.75) is 53.4 Å². The Labute approximate surface area is 160 Å². The summed E-state index contributed by atoms with van der Waals surface area (Å²) in [5, 5.41) is 0. The summed E-state index contributed by atoms with van der Waals surface area (Å²) in [5.41, 5.74) is 2.89. The van der Waals surface area contributed by atoms with E-state index in [0.717, 1.165) is 5.56 Å². The molecule has 0 saturated heterocycles. The van der Waals surface area contributed by atoms with Gasteiger partial charge < -0.3 is 4.74 Å². The smallest absolute Gasteiger partial charge is 0.418 e. The molecule has 27 heavy (non-hydrogen) atoms. The minimum atomic E-state index is -0.568. The average molecular weight is 369 g/mol. The number of benzene rings is 1. The monoisotopic (exact) mass is 369 g/mol. The quantitative estimate of drug-likeness (QED) is 0.726. The number of nitrogens with zero attached hydrogens (tertiary/aromatic N) is 1. The molecule has 0 N–H and O–H groups in total. The highest BCUT2D eigenvalue weighted by Gasteiger charge is 2.40. The first kappa shape index (κ1) is 20.6. The highest BCUT2D eigenvalue weighted by atomic mass is 16.6. The zero-order chi connectivity index (χ0) is 20.1. The normalized spacial score (nSPS) is 15.2. The number of hydrogen-bond donors (Lipinski definition) is 0. The molecule has 5 heteroatoms. The number of rotatable bonds is 6. The van der Waals surface area contributed by atoms with Crippen molar-refractivity contribution >= 4 is 17.7 Å². The minimum Gasteiger partial charge on any atom is -0.449 e. The molecule has 0 unspecified atom stereocenters. The number of allylic oxidation sites excluding steroid dienone is 4. The molecule has 5 nitrogen and oxygen atoms in total. The number of Topliss-reactive ketones (excluding diaryl/α,β-unsaturated/α-hetero) is 2. The highest BCUT2D eigenvalue weighted by molar-refractivity contribution is 6.06. The SMILES string of the molecule is CCOC(=O)N1C(C)=C(C(=O)CC)C(c2ccccc2)C(C(=O)CC)=C1C. The number of carbonyl (C=O) groups is 3. The van der Waals surface area contributed by atoms with Crippen LogP contribution in [-0.4, -0.2) is 29.2 Å². The number of ether oxygens (including phenoxy) is 1. The van der Waals surface area contributed by atoms with Crippen LogP contribution in [0.25, 0.3) is 0 Å². The van der Waals surface area contributed by atoms with E-state index in [-0.39, 0.29) is 18.2 Å². The van der Waals surface area contributed by atoms with Crippen molar-refractivity contribution in [1.82, 2.24) is 4.90 Å². The van der Waals surface area contributed by atoms with Gasteiger partial charge in [-0.2, -0.15) is 0 Å². The molecular formula is C22H27NO4. The largest absolute Gasteiger partial charge is 0.449 e. The molecule has 0 aromatic heterocycles. The van der Waals surface area contributed by atoms with E-state index in [0.29, 0.717) is 35.4 Å². The summed E-state index contributed by atoms with van der Waals surface area (Å²) >= 11 is 0. The fourth-order valence-corrected chi connectivity index (χ4v) is 3.60. The van der Waals surface area contributed by atoms with Gasteiger partial charge in [-0.05, 0) is 26.3 Å². The van der Waals surface area contributed by atoms with Crippen molar-refractivity contribution in [3.63, 3.8) is 0 Å². The first-order valence-corrected chi connectivity index (χ1v) is 9.38. The van der Waals surface area contributed by atoms with Gasteiger partial charge in [-0.1, -0.05) is 44.2 Å². The number of carbonyl (C=O) groups excluding carboxylic acids is 3. The maximum absolute atomic E-state index is 12.9. The standard InChI is InChI=1S/C22H27NO4/c1-6-17(24)19-14(4)23(22(26)27-8-3)15(5)20(18(25)7-2)21(19)16-12-10-9-11-13-16/h9-13,21H,6-8H2,1-5H3. The highest BCUT2D eigenvalue weighted by Crippen LogP contribution is 2.43. The van der Waals surface area contributed by atoms with Crippen LogP contribution in [0.15, 0.2) is 52.9 Å². The van der Waals surface area contributed by atoms with Crippen LogP contribution in [0.2, 0.25) is 0 Å². The van der Waals surface area contributed by atoms with Crippen molar-refractivity contribution in [2.75, 3.05) is 6.61 Å². The van der Waals surface area contributed by atoms with Crippen molar-refractivity contribution < 1.29 is 19.1 Å². The molecule has 1 heterocycles. The molecule has 1 aromatic carbocycles. The molecule has 0 aliphatic carbocycles. The van der Waals surface area contributed by atoms with E-state index < -0.39 is 12.0 Å². The second kappa shape index (κ2) is 8.80. The van der Waals surface area contributed by atoms with Crippen LogP contribution in [-0.2, 0) is 14.3 Å². The molecule has 0 saturated carbocycles. The molecule has 0 bridgehead atoms. The Morgan fingerprint density at radius 2 is 1.37 bits per heavy atom. The molecule has 0 spiro atoms. The van der Waals surface area contributed by atoms with Crippen molar-refractivity contribution in [2.24, 2.45) is 0 Å². The lowest BCUT2D eigenvalue weighted by atomic mass is 9.76. The van der Waals surface area contributed by atoms with Crippen molar-refractivity contribution in [1.29, 1.82) is 0 Å². The third-order valence-electron chi connectivity index (χ3n) is 4.85. The van der Waals surface area contributed by atoms with Gasteiger partial charge in [-0.15, -0.1) is 0 Å². The van der Waals surface area contributed by atoms with E-state index in [1.807, 2.05) is 30.3 Å². The minimum absolute atomic E-state index is 0.0791. The van der Waals surface area contributed by atoms with Gasteiger partial charge in [0.15, 0.2) is 11.6 Å². The molecule has 1 amide bonds. The molecule has 2 rings (SSSR count). The fourth-order valence-electron chi connectivity index (χ4n) is 3.60. The van der Waals surface area contributed by atoms with Crippen LogP contribution in [0, 0.1) is 0 Å². The van der Waals surface area contributed by atoms with Crippen LogP contribution in [0.5, 0.6) is 0 Å². The van der Waals surface area contributed by atoms with E-state index in [1.165, 1.54) is 4.90 Å². The Balaban J connectivity index is 2.79. The van der Waals surface area contributed by atoms with E-state index in [4.69, 9.17) is 4.74 Å². The number of hydrogen-bond acceptors (Lipinski definition) is 4. The second-order valence-corrected chi connectivity index (χ2v) is 6.43. The molecule has 1 aliphatic rings. The maximum Gasteiger partial charge on any atom is 0.418 e. The van der Waals surface area contributed by atoms with Gasteiger partial charge in [-0.25, -0.2) is 4.79 Å². The average Bonchev–Trinajstić information content (AvgIpc) is 2.67. The van der Waals surface area contributed by atoms with Gasteiger partial charge in [0, 0.05) is 41.3 Å². The third kappa shape index (κ3) is 3.87. The molecule has 144 valence electrons. The molecule has 1 aliphatic heterocycles. The van der Waals surface area contributed by atoms with Crippen molar-refractivity contribution in [3.05, 3.63) is 58.4 Å². The van der Waals surface area contributed by atoms with Gasteiger partial charge in [0.1, 0.15) is 0 Å². The Bertz CT molecular complexity index is 765. The lowest BCUT2D eigenvalue weighted by molar-refractivity contribution is -0.116. The Morgan fingerprint density at radius 1 is 0.889 bits per heavy atom. The zero-order valence-electron chi connectivity index (χ0n) is 16.7. The number of amides is 1. The van der Waals surface area contributed by atoms with Gasteiger partial charge in [0.25, 0.3) is 0 Å². The Kier molecular flexibility index (Phi) is 6.72. The summed E-state index contributed by atoms with van der Waals surface area (Å²) < 4.78 is 5.18. The third-order valence-corrected chi connectivity index (χ3v) is 4.85. The van der Waals surface area contributed by atoms with Gasteiger partial charge in [0.2, 0.25) is 0 Å². The fraction of sp³-hybridized carbons (Fsp3) is 0.409. The summed E-state index contributed by atoms with van der Waals surface area (Å²) in [6.45, 7) is 8.99. The molecule has 0 atom stereocenters. The lowest BCUT2D eigenvalue weighted by Crippen LogP contribution is -2.38. The van der Waals surface area contributed by atoms with Crippen molar-refractivity contribution in [3.8, 4) is 0 Å². The van der Waals surface area contributed by atoms with Crippen LogP contribution in [0.1, 0.15) is 58.9 Å². The first-order chi connectivity index (χ1) is 12.9. The second-order valence-electron chi connectivity index (χ2n) is 6.43. The zero-order valence-corrected chi connectivity index (χ0v) is 16.7. The van der Waals surface area contributed by atoms with E-state index in [9.17, 15) is 14.4 Å². The van der Waals surface area contributed by atoms with Gasteiger partial charge in [-0.3, -0.25) is 14.5 Å². The summed E-state index contributed by atoms with van der Waals surface area (Å²) in [4.78, 5) is 39.7. The van der Waals surface area contributed by atoms with Gasteiger partial charge in [0.05, 0.1) is 6.61 Å². The van der Waals surface area contributed by atoms with Crippen LogP contribution in [0.3, 0.4) is 0 Å². The molecule has 1 aromatic rings. The predicted molar refractivity (Wildman–Crippen MR) is 104 cm³/mol. The lowest BCUT2D eigenvalue weighted by Gasteiger charge is -2.36. The van der Waals surface area contributed by atoms with Crippen LogP contribution in [0.4, 0.5) is 4.79 Å². The summed E-state index contributed by atoms with van der Waals surface area (Å²) in [6, 6.07) is 9.50. The molecule has 0 fully saturated rings. The van der Waals surface area contributed by atoms with E-state index in [2.05, 4.69) is 0 Å². The Morgan fingerprint density at radius 3 is 1.78 bits per heavy atom. The predicted octanol–water partition coefficient (Wildman–Crippen LogP) is 4.75. The van der Waals surface area contributed by atoms with Crippen LogP contribution < -0.4 is 0 Å². The van der Waals surface area contributed by atoms with Crippen LogP contribution >= 0.6 is 0 Å². The Hall–Kier alpha value is -2.69. The topological polar surface area (TPSA) is 63.7 Å². The molecule has 0 radical (unpaired) electrons. The summed E-state index contributed by atoms with van der Waals surface area (Å²) in [7, 11) is 0. The van der Waals surface area contributed by atoms with E-state index >= 15 is 0 Å². The van der Waals surface area contributed by atoms with E-state index in [1.54, 1.807) is 34.6 Å².